The molecular formula is C20H18ClN3O2. The summed E-state index contributed by atoms with van der Waals surface area (Å²) in [5, 5.41) is 3.27. The van der Waals surface area contributed by atoms with E-state index in [1.807, 2.05) is 36.4 Å². The van der Waals surface area contributed by atoms with Gasteiger partial charge in [0.2, 0.25) is 5.88 Å². The quantitative estimate of drug-likeness (QED) is 0.739. The fourth-order valence-corrected chi connectivity index (χ4v) is 2.84. The van der Waals surface area contributed by atoms with Crippen LogP contribution in [0.25, 0.3) is 11.3 Å². The van der Waals surface area contributed by atoms with Crippen molar-refractivity contribution in [3.8, 4) is 17.1 Å². The highest BCUT2D eigenvalue weighted by Crippen LogP contribution is 2.21. The fraction of sp³-hybridized carbons (Fsp3) is 0.150. The predicted molar refractivity (Wildman–Crippen MR) is 101 cm³/mol. The van der Waals surface area contributed by atoms with Crippen LogP contribution in [0.5, 0.6) is 5.88 Å². The van der Waals surface area contributed by atoms with Gasteiger partial charge in [0.25, 0.3) is 5.91 Å². The Morgan fingerprint density at radius 1 is 1.15 bits per heavy atom. The number of hydrogen-bond donors (Lipinski definition) is 1. The molecule has 0 unspecified atom stereocenters. The average Bonchev–Trinajstić information content (AvgIpc) is 2.66. The summed E-state index contributed by atoms with van der Waals surface area (Å²) in [5.74, 6) is 0.335. The van der Waals surface area contributed by atoms with Gasteiger partial charge in [-0.3, -0.25) is 9.78 Å². The van der Waals surface area contributed by atoms with Gasteiger partial charge in [0.15, 0.2) is 0 Å². The minimum absolute atomic E-state index is 0.237. The van der Waals surface area contributed by atoms with E-state index in [-0.39, 0.29) is 5.91 Å². The van der Waals surface area contributed by atoms with Gasteiger partial charge in [-0.15, -0.1) is 0 Å². The second-order valence-corrected chi connectivity index (χ2v) is 6.11. The van der Waals surface area contributed by atoms with E-state index >= 15 is 0 Å². The Hall–Kier alpha value is -2.92. The van der Waals surface area contributed by atoms with Crippen LogP contribution in [0.4, 0.5) is 0 Å². The van der Waals surface area contributed by atoms with Gasteiger partial charge >= 0.3 is 0 Å². The second kappa shape index (κ2) is 7.97. The van der Waals surface area contributed by atoms with Crippen LogP contribution in [0.2, 0.25) is 5.02 Å². The zero-order chi connectivity index (χ0) is 18.5. The number of hydrogen-bond acceptors (Lipinski definition) is 4. The molecule has 0 fully saturated rings. The molecule has 0 radical (unpaired) electrons. The molecule has 1 amide bonds. The van der Waals surface area contributed by atoms with Crippen molar-refractivity contribution < 1.29 is 9.53 Å². The number of pyridine rings is 2. The Morgan fingerprint density at radius 2 is 1.92 bits per heavy atom. The maximum atomic E-state index is 12.4. The molecule has 0 aliphatic heterocycles. The van der Waals surface area contributed by atoms with Crippen molar-refractivity contribution in [3.05, 3.63) is 76.6 Å². The number of halogens is 1. The van der Waals surface area contributed by atoms with Crippen molar-refractivity contribution in [2.45, 2.75) is 13.5 Å². The molecule has 2 heterocycles. The number of rotatable bonds is 5. The van der Waals surface area contributed by atoms with Crippen molar-refractivity contribution in [1.82, 2.24) is 15.3 Å². The molecule has 5 nitrogen and oxygen atoms in total. The first-order chi connectivity index (χ1) is 12.6. The Balaban J connectivity index is 1.69. The van der Waals surface area contributed by atoms with Gasteiger partial charge in [-0.2, -0.15) is 0 Å². The van der Waals surface area contributed by atoms with Crippen LogP contribution < -0.4 is 10.1 Å². The third-order valence-electron chi connectivity index (χ3n) is 3.95. The predicted octanol–water partition coefficient (Wildman–Crippen LogP) is 4.04. The molecule has 0 aliphatic rings. The molecule has 0 bridgehead atoms. The smallest absolute Gasteiger partial charge is 0.254 e. The number of carbonyl (C=O) groups is 1. The Morgan fingerprint density at radius 3 is 2.62 bits per heavy atom. The zero-order valence-electron chi connectivity index (χ0n) is 14.5. The Labute approximate surface area is 157 Å². The number of nitrogens with one attached hydrogen (secondary N) is 1. The monoisotopic (exact) mass is 367 g/mol. The Bertz CT molecular complexity index is 906. The molecule has 0 aliphatic carbocycles. The van der Waals surface area contributed by atoms with Crippen molar-refractivity contribution in [2.24, 2.45) is 0 Å². The van der Waals surface area contributed by atoms with Gasteiger partial charge in [-0.1, -0.05) is 41.9 Å². The van der Waals surface area contributed by atoms with E-state index < -0.39 is 0 Å². The van der Waals surface area contributed by atoms with Crippen molar-refractivity contribution in [3.63, 3.8) is 0 Å². The molecule has 3 aromatic rings. The summed E-state index contributed by atoms with van der Waals surface area (Å²) in [4.78, 5) is 20.9. The molecular weight excluding hydrogens is 350 g/mol. The maximum absolute atomic E-state index is 12.4. The SMILES string of the molecule is COc1cccc(-c2ccc(CNC(=O)c3c(Cl)ccnc3C)cc2)n1. The van der Waals surface area contributed by atoms with Crippen LogP contribution in [0.3, 0.4) is 0 Å². The van der Waals surface area contributed by atoms with Crippen LogP contribution in [-0.2, 0) is 6.54 Å². The van der Waals surface area contributed by atoms with E-state index in [1.165, 1.54) is 0 Å². The number of carbonyl (C=O) groups excluding carboxylic acids is 1. The number of aryl methyl sites for hydroxylation is 1. The first kappa shape index (κ1) is 17.9. The van der Waals surface area contributed by atoms with Crippen molar-refractivity contribution >= 4 is 17.5 Å². The largest absolute Gasteiger partial charge is 0.481 e. The second-order valence-electron chi connectivity index (χ2n) is 5.70. The molecule has 2 aromatic heterocycles. The Kier molecular flexibility index (Phi) is 5.49. The standard InChI is InChI=1S/C20H18ClN3O2/c1-13-19(16(21)10-11-22-13)20(25)23-12-14-6-8-15(9-7-14)17-4-3-5-18(24-17)26-2/h3-11H,12H2,1-2H3,(H,23,25). The molecule has 0 spiro atoms. The van der Waals surface area contributed by atoms with E-state index in [0.717, 1.165) is 16.8 Å². The normalized spacial score (nSPS) is 10.4. The molecule has 1 aromatic carbocycles. The van der Waals surface area contributed by atoms with Crippen LogP contribution in [-0.4, -0.2) is 23.0 Å². The average molecular weight is 368 g/mol. The first-order valence-corrected chi connectivity index (χ1v) is 8.46. The number of benzene rings is 1. The van der Waals surface area contributed by atoms with E-state index in [9.17, 15) is 4.79 Å². The first-order valence-electron chi connectivity index (χ1n) is 8.08. The van der Waals surface area contributed by atoms with Gasteiger partial charge in [-0.05, 0) is 24.6 Å². The van der Waals surface area contributed by atoms with E-state index in [4.69, 9.17) is 16.3 Å². The lowest BCUT2D eigenvalue weighted by Crippen LogP contribution is -2.24. The van der Waals surface area contributed by atoms with Gasteiger partial charge in [0.1, 0.15) is 0 Å². The van der Waals surface area contributed by atoms with Gasteiger partial charge in [0.05, 0.1) is 29.1 Å². The van der Waals surface area contributed by atoms with E-state index in [1.54, 1.807) is 32.4 Å². The number of aromatic nitrogens is 2. The molecule has 132 valence electrons. The van der Waals surface area contributed by atoms with Gasteiger partial charge < -0.3 is 10.1 Å². The number of ether oxygens (including phenoxy) is 1. The van der Waals surface area contributed by atoms with Crippen molar-refractivity contribution in [2.75, 3.05) is 7.11 Å². The molecule has 6 heteroatoms. The molecule has 3 rings (SSSR count). The molecule has 0 saturated heterocycles. The zero-order valence-corrected chi connectivity index (χ0v) is 15.2. The molecule has 0 atom stereocenters. The van der Waals surface area contributed by atoms with Gasteiger partial charge in [0, 0.05) is 24.4 Å². The summed E-state index contributed by atoms with van der Waals surface area (Å²) in [7, 11) is 1.59. The topological polar surface area (TPSA) is 64.1 Å². The summed E-state index contributed by atoms with van der Waals surface area (Å²) >= 11 is 6.10. The summed E-state index contributed by atoms with van der Waals surface area (Å²) in [5.41, 5.74) is 3.80. The lowest BCUT2D eigenvalue weighted by Gasteiger charge is -2.09. The highest BCUT2D eigenvalue weighted by Gasteiger charge is 2.13. The third kappa shape index (κ3) is 4.00. The minimum atomic E-state index is -0.237. The summed E-state index contributed by atoms with van der Waals surface area (Å²) in [6.45, 7) is 2.16. The maximum Gasteiger partial charge on any atom is 0.254 e. The summed E-state index contributed by atoms with van der Waals surface area (Å²) in [6, 6.07) is 15.1. The van der Waals surface area contributed by atoms with Crippen molar-refractivity contribution in [1.29, 1.82) is 0 Å². The highest BCUT2D eigenvalue weighted by atomic mass is 35.5. The number of amides is 1. The lowest BCUT2D eigenvalue weighted by molar-refractivity contribution is 0.0950. The van der Waals surface area contributed by atoms with Gasteiger partial charge in [-0.25, -0.2) is 4.98 Å². The fourth-order valence-electron chi connectivity index (χ4n) is 2.56. The third-order valence-corrected chi connectivity index (χ3v) is 4.27. The molecule has 0 saturated carbocycles. The van der Waals surface area contributed by atoms with Crippen LogP contribution in [0.1, 0.15) is 21.6 Å². The van der Waals surface area contributed by atoms with Crippen LogP contribution in [0, 0.1) is 6.92 Å². The van der Waals surface area contributed by atoms with E-state index in [2.05, 4.69) is 15.3 Å². The summed E-state index contributed by atoms with van der Waals surface area (Å²) < 4.78 is 5.15. The van der Waals surface area contributed by atoms with E-state index in [0.29, 0.717) is 28.7 Å². The highest BCUT2D eigenvalue weighted by molar-refractivity contribution is 6.33. The minimum Gasteiger partial charge on any atom is -0.481 e. The van der Waals surface area contributed by atoms with Crippen LogP contribution in [0.15, 0.2) is 54.7 Å². The van der Waals surface area contributed by atoms with Crippen LogP contribution >= 0.6 is 11.6 Å². The number of nitrogens with zero attached hydrogens (tertiary/aromatic N) is 2. The number of methoxy groups -OCH3 is 1. The lowest BCUT2D eigenvalue weighted by atomic mass is 10.1. The molecule has 1 N–H and O–H groups in total. The molecule has 26 heavy (non-hydrogen) atoms. The summed E-state index contributed by atoms with van der Waals surface area (Å²) in [6.07, 6.45) is 1.58.